The number of aromatic nitrogens is 4. The number of para-hydroxylation sites is 2. The summed E-state index contributed by atoms with van der Waals surface area (Å²) in [6, 6.07) is 6.21. The molecule has 1 aliphatic heterocycles. The topological polar surface area (TPSA) is 164 Å². The first kappa shape index (κ1) is 38.0. The van der Waals surface area contributed by atoms with Crippen molar-refractivity contribution in [1.29, 1.82) is 0 Å². The average molecular weight is 693 g/mol. The summed E-state index contributed by atoms with van der Waals surface area (Å²) in [5.74, 6) is -0.781. The smallest absolute Gasteiger partial charge is 0.425 e. The van der Waals surface area contributed by atoms with Gasteiger partial charge in [0.2, 0.25) is 0 Å². The van der Waals surface area contributed by atoms with Gasteiger partial charge in [-0.15, -0.1) is 0 Å². The molecule has 3 heterocycles. The van der Waals surface area contributed by atoms with Crippen molar-refractivity contribution in [2.45, 2.75) is 118 Å². The van der Waals surface area contributed by atoms with Gasteiger partial charge >= 0.3 is 24.2 Å². The zero-order valence-electron chi connectivity index (χ0n) is 31.0. The molecule has 2 amide bonds. The molecule has 1 atom stereocenters. The fraction of sp³-hybridized carbons (Fsp3) is 0.528. The Labute approximate surface area is 292 Å². The van der Waals surface area contributed by atoms with E-state index in [1.165, 1.54) is 10.8 Å². The van der Waals surface area contributed by atoms with Gasteiger partial charge in [0.05, 0.1) is 22.9 Å². The number of hydrogen-bond acceptors (Lipinski definition) is 12. The van der Waals surface area contributed by atoms with E-state index in [0.717, 1.165) is 0 Å². The van der Waals surface area contributed by atoms with Gasteiger partial charge in [-0.25, -0.2) is 33.9 Å². The van der Waals surface area contributed by atoms with E-state index >= 15 is 0 Å². The summed E-state index contributed by atoms with van der Waals surface area (Å²) in [5, 5.41) is 3.15. The third-order valence-corrected chi connectivity index (χ3v) is 6.62. The Kier molecular flexibility index (Phi) is 10.5. The Morgan fingerprint density at radius 2 is 1.34 bits per heavy atom. The summed E-state index contributed by atoms with van der Waals surface area (Å²) in [6.07, 6.45) is 0.496. The van der Waals surface area contributed by atoms with Gasteiger partial charge in [-0.3, -0.25) is 4.79 Å². The largest absolute Gasteiger partial charge is 0.459 e. The second-order valence-corrected chi connectivity index (χ2v) is 15.9. The fourth-order valence-corrected chi connectivity index (χ4v) is 4.84. The maximum atomic E-state index is 13.9. The standard InChI is InChI=1S/C36H48N6O8/c1-33(2,3)47-29(43)23-19-21(17-18-37-23)24-20-38-27(42(31(45)49-35(7,8)9)32(46)50-36(10,11)12)26(39-24)28-40-22-15-13-14-16-25(22)41(28)30(44)48-34(4,5)6/h13-17,20,23,37H,18-19H2,1-12H3. The molecule has 2 aromatic heterocycles. The number of nitrogens with zero attached hydrogens (tertiary/aromatic N) is 5. The van der Waals surface area contributed by atoms with Gasteiger partial charge in [0.1, 0.15) is 28.4 Å². The molecular weight excluding hydrogens is 644 g/mol. The van der Waals surface area contributed by atoms with Gasteiger partial charge in [-0.2, -0.15) is 4.90 Å². The minimum Gasteiger partial charge on any atom is -0.459 e. The number of anilines is 1. The predicted molar refractivity (Wildman–Crippen MR) is 188 cm³/mol. The number of amides is 2. The number of hydrogen-bond donors (Lipinski definition) is 1. The van der Waals surface area contributed by atoms with Crippen molar-refractivity contribution in [2.24, 2.45) is 0 Å². The summed E-state index contributed by atoms with van der Waals surface area (Å²) in [7, 11) is 0. The minimum atomic E-state index is -1.08. The van der Waals surface area contributed by atoms with Crippen LogP contribution in [0, 0.1) is 0 Å². The molecule has 0 bridgehead atoms. The molecule has 0 fully saturated rings. The van der Waals surface area contributed by atoms with Crippen molar-refractivity contribution in [2.75, 3.05) is 11.4 Å². The van der Waals surface area contributed by atoms with E-state index < -0.39 is 52.7 Å². The lowest BCUT2D eigenvalue weighted by Crippen LogP contribution is -2.44. The summed E-state index contributed by atoms with van der Waals surface area (Å²) >= 11 is 0. The first-order chi connectivity index (χ1) is 22.9. The number of nitrogens with one attached hydrogen (secondary N) is 1. The molecule has 50 heavy (non-hydrogen) atoms. The number of fused-ring (bicyclic) bond motifs is 1. The second kappa shape index (κ2) is 13.8. The predicted octanol–water partition coefficient (Wildman–Crippen LogP) is 7.04. The molecule has 1 N–H and O–H groups in total. The fourth-order valence-electron chi connectivity index (χ4n) is 4.84. The highest BCUT2D eigenvalue weighted by Crippen LogP contribution is 2.35. The molecule has 0 saturated heterocycles. The molecule has 0 radical (unpaired) electrons. The van der Waals surface area contributed by atoms with Crippen molar-refractivity contribution in [3.8, 4) is 11.5 Å². The lowest BCUT2D eigenvalue weighted by molar-refractivity contribution is -0.157. The molecule has 1 unspecified atom stereocenters. The van der Waals surface area contributed by atoms with Gasteiger partial charge in [0.25, 0.3) is 0 Å². The van der Waals surface area contributed by atoms with Crippen molar-refractivity contribution >= 4 is 46.7 Å². The van der Waals surface area contributed by atoms with Gasteiger partial charge in [0, 0.05) is 13.0 Å². The van der Waals surface area contributed by atoms with E-state index in [9.17, 15) is 19.2 Å². The van der Waals surface area contributed by atoms with Crippen molar-refractivity contribution in [3.63, 3.8) is 0 Å². The number of imidazole rings is 1. The number of carbonyl (C=O) groups is 4. The highest BCUT2D eigenvalue weighted by molar-refractivity contribution is 6.11. The maximum Gasteiger partial charge on any atom is 0.425 e. The molecule has 3 aromatic rings. The molecule has 14 heteroatoms. The second-order valence-electron chi connectivity index (χ2n) is 15.9. The Balaban J connectivity index is 1.99. The molecule has 0 aliphatic carbocycles. The number of carbonyl (C=O) groups excluding carboxylic acids is 4. The van der Waals surface area contributed by atoms with Crippen LogP contribution in [0.2, 0.25) is 0 Å². The van der Waals surface area contributed by atoms with Crippen LogP contribution in [0.4, 0.5) is 20.2 Å². The van der Waals surface area contributed by atoms with E-state index in [1.54, 1.807) is 107 Å². The monoisotopic (exact) mass is 692 g/mol. The Hall–Kier alpha value is -4.85. The van der Waals surface area contributed by atoms with Gasteiger partial charge in [-0.05, 0) is 101 Å². The molecule has 1 aliphatic rings. The maximum absolute atomic E-state index is 13.9. The van der Waals surface area contributed by atoms with Crippen LogP contribution in [-0.2, 0) is 23.7 Å². The lowest BCUT2D eigenvalue weighted by atomic mass is 9.99. The number of ether oxygens (including phenoxy) is 4. The molecule has 0 saturated carbocycles. The molecule has 270 valence electrons. The molecule has 14 nitrogen and oxygen atoms in total. The van der Waals surface area contributed by atoms with E-state index in [2.05, 4.69) is 10.3 Å². The van der Waals surface area contributed by atoms with E-state index in [0.29, 0.717) is 33.7 Å². The molecule has 4 rings (SSSR count). The van der Waals surface area contributed by atoms with E-state index in [4.69, 9.17) is 28.9 Å². The summed E-state index contributed by atoms with van der Waals surface area (Å²) in [4.78, 5) is 69.3. The Bertz CT molecular complexity index is 1790. The molecular formula is C36H48N6O8. The van der Waals surface area contributed by atoms with Crippen LogP contribution < -0.4 is 10.2 Å². The zero-order chi connectivity index (χ0) is 37.4. The minimum absolute atomic E-state index is 0.0554. The van der Waals surface area contributed by atoms with E-state index in [-0.39, 0.29) is 23.8 Å². The number of imide groups is 1. The number of rotatable bonds is 4. The quantitative estimate of drug-likeness (QED) is 0.219. The van der Waals surface area contributed by atoms with Crippen LogP contribution in [0.1, 0.15) is 95.2 Å². The average Bonchev–Trinajstić information content (AvgIpc) is 3.33. The first-order valence-corrected chi connectivity index (χ1v) is 16.4. The summed E-state index contributed by atoms with van der Waals surface area (Å²) in [5.41, 5.74) is -1.95. The summed E-state index contributed by atoms with van der Waals surface area (Å²) < 4.78 is 23.9. The molecule has 0 spiro atoms. The highest BCUT2D eigenvalue weighted by atomic mass is 16.6. The van der Waals surface area contributed by atoms with Gasteiger partial charge in [0.15, 0.2) is 17.3 Å². The Morgan fingerprint density at radius 1 is 0.780 bits per heavy atom. The van der Waals surface area contributed by atoms with Crippen molar-refractivity contribution in [3.05, 3.63) is 42.2 Å². The van der Waals surface area contributed by atoms with Crippen molar-refractivity contribution < 1.29 is 38.1 Å². The van der Waals surface area contributed by atoms with Crippen LogP contribution >= 0.6 is 0 Å². The van der Waals surface area contributed by atoms with Crippen molar-refractivity contribution in [1.82, 2.24) is 24.8 Å². The van der Waals surface area contributed by atoms with Crippen LogP contribution in [0.5, 0.6) is 0 Å². The van der Waals surface area contributed by atoms with Crippen LogP contribution in [0.15, 0.2) is 36.5 Å². The van der Waals surface area contributed by atoms with Crippen LogP contribution in [-0.4, -0.2) is 78.8 Å². The number of benzene rings is 1. The third-order valence-electron chi connectivity index (χ3n) is 6.62. The number of esters is 1. The zero-order valence-corrected chi connectivity index (χ0v) is 31.0. The Morgan fingerprint density at radius 3 is 1.90 bits per heavy atom. The van der Waals surface area contributed by atoms with Crippen LogP contribution in [0.25, 0.3) is 28.1 Å². The third kappa shape index (κ3) is 9.65. The van der Waals surface area contributed by atoms with Gasteiger partial charge in [-0.1, -0.05) is 18.2 Å². The highest BCUT2D eigenvalue weighted by Gasteiger charge is 2.38. The van der Waals surface area contributed by atoms with E-state index in [1.807, 2.05) is 6.08 Å². The van der Waals surface area contributed by atoms with Gasteiger partial charge < -0.3 is 24.3 Å². The van der Waals surface area contributed by atoms with Crippen LogP contribution in [0.3, 0.4) is 0 Å². The normalized spacial score (nSPS) is 15.6. The SMILES string of the molecule is CC(C)(C)OC(=O)C1CC(c2cnc(N(C(=O)OC(C)(C)C)C(=O)OC(C)(C)C)c(-c3nc4ccccc4n3C(=O)OC(C)(C)C)n2)=CCN1. The summed E-state index contributed by atoms with van der Waals surface area (Å²) in [6.45, 7) is 20.8. The molecule has 1 aromatic carbocycles. The first-order valence-electron chi connectivity index (χ1n) is 16.4. The lowest BCUT2D eigenvalue weighted by Gasteiger charge is -2.29.